The van der Waals surface area contributed by atoms with Crippen LogP contribution in [-0.2, 0) is 0 Å². The van der Waals surface area contributed by atoms with Crippen molar-refractivity contribution in [2.75, 3.05) is 5.32 Å². The van der Waals surface area contributed by atoms with Crippen molar-refractivity contribution in [3.05, 3.63) is 104 Å². The molecule has 1 N–H and O–H groups in total. The van der Waals surface area contributed by atoms with Crippen LogP contribution in [0.2, 0.25) is 0 Å². The van der Waals surface area contributed by atoms with Gasteiger partial charge in [0.25, 0.3) is 11.5 Å². The normalized spacial score (nSPS) is 10.9. The number of rotatable bonds is 3. The van der Waals surface area contributed by atoms with Crippen LogP contribution in [0.25, 0.3) is 16.5 Å². The van der Waals surface area contributed by atoms with Crippen molar-refractivity contribution in [1.82, 2.24) is 4.57 Å². The van der Waals surface area contributed by atoms with Gasteiger partial charge < -0.3 is 5.32 Å². The van der Waals surface area contributed by atoms with Crippen LogP contribution in [0.15, 0.2) is 76.1 Å². The molecule has 0 saturated carbocycles. The quantitative estimate of drug-likeness (QED) is 0.411. The molecule has 3 aromatic carbocycles. The van der Waals surface area contributed by atoms with E-state index in [2.05, 4.69) is 21.2 Å². The summed E-state index contributed by atoms with van der Waals surface area (Å²) in [5.41, 5.74) is 4.96. The number of nitrogens with zero attached hydrogens (tertiary/aromatic N) is 1. The maximum Gasteiger partial charge on any atom is 0.262 e. The molecule has 0 aliphatic carbocycles. The first-order chi connectivity index (χ1) is 14.3. The molecule has 0 spiro atoms. The number of amides is 1. The molecular formula is C25H21BrN2O2. The second-order valence-electron chi connectivity index (χ2n) is 7.45. The minimum absolute atomic E-state index is 0.148. The van der Waals surface area contributed by atoms with Gasteiger partial charge >= 0.3 is 0 Å². The van der Waals surface area contributed by atoms with Gasteiger partial charge in [0.1, 0.15) is 0 Å². The zero-order valence-corrected chi connectivity index (χ0v) is 18.6. The number of fused-ring (bicyclic) bond motifs is 1. The Bertz CT molecular complexity index is 1360. The Labute approximate surface area is 183 Å². The summed E-state index contributed by atoms with van der Waals surface area (Å²) in [6.07, 6.45) is 1.64. The summed E-state index contributed by atoms with van der Waals surface area (Å²) in [4.78, 5) is 26.4. The predicted molar refractivity (Wildman–Crippen MR) is 126 cm³/mol. The first kappa shape index (κ1) is 20.1. The second-order valence-corrected chi connectivity index (χ2v) is 8.36. The van der Waals surface area contributed by atoms with Crippen molar-refractivity contribution in [3.63, 3.8) is 0 Å². The number of anilines is 1. The van der Waals surface area contributed by atoms with Crippen LogP contribution in [-0.4, -0.2) is 10.5 Å². The highest BCUT2D eigenvalue weighted by atomic mass is 79.9. The lowest BCUT2D eigenvalue weighted by molar-refractivity contribution is 0.102. The van der Waals surface area contributed by atoms with Crippen LogP contribution in [0.5, 0.6) is 0 Å². The van der Waals surface area contributed by atoms with Crippen LogP contribution in [0, 0.1) is 20.8 Å². The Hall–Kier alpha value is -3.18. The smallest absolute Gasteiger partial charge is 0.262 e. The van der Waals surface area contributed by atoms with E-state index in [1.165, 1.54) is 0 Å². The lowest BCUT2D eigenvalue weighted by atomic mass is 10.1. The topological polar surface area (TPSA) is 51.1 Å². The van der Waals surface area contributed by atoms with E-state index in [0.717, 1.165) is 32.5 Å². The fraction of sp³-hybridized carbons (Fsp3) is 0.120. The van der Waals surface area contributed by atoms with E-state index < -0.39 is 0 Å². The third kappa shape index (κ3) is 3.68. The summed E-state index contributed by atoms with van der Waals surface area (Å²) in [6.45, 7) is 5.98. The fourth-order valence-electron chi connectivity index (χ4n) is 3.50. The molecule has 0 saturated heterocycles. The molecule has 4 nitrogen and oxygen atoms in total. The Morgan fingerprint density at radius 2 is 1.60 bits per heavy atom. The van der Waals surface area contributed by atoms with Crippen molar-refractivity contribution in [3.8, 4) is 5.69 Å². The van der Waals surface area contributed by atoms with Crippen LogP contribution in [0.3, 0.4) is 0 Å². The van der Waals surface area contributed by atoms with E-state index in [9.17, 15) is 9.59 Å². The molecular weight excluding hydrogens is 440 g/mol. The molecule has 1 aromatic heterocycles. The third-order valence-corrected chi connectivity index (χ3v) is 5.87. The van der Waals surface area contributed by atoms with Gasteiger partial charge in [0, 0.05) is 32.8 Å². The van der Waals surface area contributed by atoms with Crippen LogP contribution < -0.4 is 10.9 Å². The van der Waals surface area contributed by atoms with Gasteiger partial charge in [0.15, 0.2) is 0 Å². The molecule has 0 bridgehead atoms. The molecule has 0 aliphatic heterocycles. The number of carbonyl (C=O) groups excluding carboxylic acids is 1. The number of nitrogens with one attached hydrogen (secondary N) is 1. The van der Waals surface area contributed by atoms with E-state index in [1.54, 1.807) is 16.8 Å². The molecule has 1 heterocycles. The molecule has 0 aliphatic rings. The Kier molecular flexibility index (Phi) is 5.31. The van der Waals surface area contributed by atoms with Crippen molar-refractivity contribution < 1.29 is 4.79 Å². The largest absolute Gasteiger partial charge is 0.322 e. The number of aromatic nitrogens is 1. The van der Waals surface area contributed by atoms with Gasteiger partial charge in [-0.2, -0.15) is 0 Å². The first-order valence-electron chi connectivity index (χ1n) is 9.64. The highest BCUT2D eigenvalue weighted by Crippen LogP contribution is 2.23. The number of carbonyl (C=O) groups is 1. The molecule has 30 heavy (non-hydrogen) atoms. The molecule has 150 valence electrons. The van der Waals surface area contributed by atoms with Gasteiger partial charge in [0.2, 0.25) is 0 Å². The highest BCUT2D eigenvalue weighted by molar-refractivity contribution is 9.10. The Balaban J connectivity index is 1.88. The summed E-state index contributed by atoms with van der Waals surface area (Å²) < 4.78 is 2.50. The van der Waals surface area contributed by atoms with Gasteiger partial charge in [-0.05, 0) is 73.9 Å². The molecule has 0 atom stereocenters. The number of halogens is 1. The number of benzene rings is 3. The fourth-order valence-corrected chi connectivity index (χ4v) is 3.97. The Morgan fingerprint density at radius 1 is 0.867 bits per heavy atom. The monoisotopic (exact) mass is 460 g/mol. The standard InChI is InChI=1S/C25H21BrN2O2/c1-15-8-10-19(13-16(15)2)28-14-22(20-6-4-5-7-21(20)25(28)30)24(29)27-23-11-9-18(26)12-17(23)3/h4-14H,1-3H3,(H,27,29). The third-order valence-electron chi connectivity index (χ3n) is 5.37. The zero-order valence-electron chi connectivity index (χ0n) is 17.0. The van der Waals surface area contributed by atoms with Crippen molar-refractivity contribution >= 4 is 38.3 Å². The average molecular weight is 461 g/mol. The minimum Gasteiger partial charge on any atom is -0.322 e. The Morgan fingerprint density at radius 3 is 2.30 bits per heavy atom. The number of hydrogen-bond donors (Lipinski definition) is 1. The van der Waals surface area contributed by atoms with E-state index in [4.69, 9.17) is 0 Å². The summed E-state index contributed by atoms with van der Waals surface area (Å²) in [6, 6.07) is 18.8. The summed E-state index contributed by atoms with van der Waals surface area (Å²) in [5, 5.41) is 4.13. The van der Waals surface area contributed by atoms with E-state index in [1.807, 2.05) is 75.4 Å². The average Bonchev–Trinajstić information content (AvgIpc) is 2.72. The number of aryl methyl sites for hydroxylation is 3. The SMILES string of the molecule is Cc1ccc(-n2cc(C(=O)Nc3ccc(Br)cc3C)c3ccccc3c2=O)cc1C. The molecule has 1 amide bonds. The number of hydrogen-bond acceptors (Lipinski definition) is 2. The molecule has 4 rings (SSSR count). The van der Waals surface area contributed by atoms with Crippen molar-refractivity contribution in [2.45, 2.75) is 20.8 Å². The van der Waals surface area contributed by atoms with Gasteiger partial charge in [-0.15, -0.1) is 0 Å². The van der Waals surface area contributed by atoms with E-state index in [0.29, 0.717) is 16.3 Å². The zero-order chi connectivity index (χ0) is 21.4. The van der Waals surface area contributed by atoms with Gasteiger partial charge in [-0.3, -0.25) is 14.2 Å². The van der Waals surface area contributed by atoms with E-state index in [-0.39, 0.29) is 11.5 Å². The lowest BCUT2D eigenvalue weighted by Crippen LogP contribution is -2.23. The van der Waals surface area contributed by atoms with Crippen LogP contribution in [0.4, 0.5) is 5.69 Å². The van der Waals surface area contributed by atoms with Crippen LogP contribution in [0.1, 0.15) is 27.0 Å². The van der Waals surface area contributed by atoms with Gasteiger partial charge in [0.05, 0.1) is 5.56 Å². The highest BCUT2D eigenvalue weighted by Gasteiger charge is 2.16. The first-order valence-corrected chi connectivity index (χ1v) is 10.4. The minimum atomic E-state index is -0.255. The summed E-state index contributed by atoms with van der Waals surface area (Å²) >= 11 is 3.44. The van der Waals surface area contributed by atoms with Gasteiger partial charge in [-0.25, -0.2) is 0 Å². The summed E-state index contributed by atoms with van der Waals surface area (Å²) in [7, 11) is 0. The molecule has 0 fully saturated rings. The maximum absolute atomic E-state index is 13.2. The second kappa shape index (κ2) is 7.92. The lowest BCUT2D eigenvalue weighted by Gasteiger charge is -2.14. The van der Waals surface area contributed by atoms with Gasteiger partial charge in [-0.1, -0.05) is 40.2 Å². The molecule has 4 aromatic rings. The molecule has 0 unspecified atom stereocenters. The van der Waals surface area contributed by atoms with E-state index >= 15 is 0 Å². The number of pyridine rings is 1. The maximum atomic E-state index is 13.2. The summed E-state index contributed by atoms with van der Waals surface area (Å²) in [5.74, 6) is -0.255. The van der Waals surface area contributed by atoms with Crippen LogP contribution >= 0.6 is 15.9 Å². The van der Waals surface area contributed by atoms with Crippen molar-refractivity contribution in [1.29, 1.82) is 0 Å². The van der Waals surface area contributed by atoms with Crippen molar-refractivity contribution in [2.24, 2.45) is 0 Å². The predicted octanol–water partition coefficient (Wildman–Crippen LogP) is 5.93. The molecule has 5 heteroatoms. The molecule has 0 radical (unpaired) electrons.